The summed E-state index contributed by atoms with van der Waals surface area (Å²) >= 11 is 3.18. The van der Waals surface area contributed by atoms with Crippen molar-refractivity contribution in [1.29, 1.82) is 0 Å². The summed E-state index contributed by atoms with van der Waals surface area (Å²) in [5.74, 6) is -0.686. The third kappa shape index (κ3) is 3.75. The molecule has 1 aromatic rings. The Kier molecular flexibility index (Phi) is 4.90. The Balaban J connectivity index is 2.08. The third-order valence-corrected chi connectivity index (χ3v) is 3.69. The van der Waals surface area contributed by atoms with Crippen LogP contribution in [0.25, 0.3) is 0 Å². The molecule has 0 aliphatic carbocycles. The van der Waals surface area contributed by atoms with Crippen molar-refractivity contribution in [3.8, 4) is 0 Å². The molecule has 1 aromatic carbocycles. The van der Waals surface area contributed by atoms with E-state index in [1.54, 1.807) is 12.1 Å². The number of hydrogen-bond acceptors (Lipinski definition) is 3. The van der Waals surface area contributed by atoms with Crippen LogP contribution in [0.3, 0.4) is 0 Å². The molecular weight excluding hydrogens is 315 g/mol. The number of carbonyl (C=O) groups excluding carboxylic acids is 1. The predicted octanol–water partition coefficient (Wildman–Crippen LogP) is 1.74. The van der Waals surface area contributed by atoms with Crippen LogP contribution in [0, 0.1) is 11.7 Å². The Bertz CT molecular complexity index is 464. The molecule has 0 unspecified atom stereocenters. The summed E-state index contributed by atoms with van der Waals surface area (Å²) in [6, 6.07) is 3.77. The molecule has 2 atom stereocenters. The van der Waals surface area contributed by atoms with Crippen LogP contribution < -0.4 is 11.1 Å². The van der Waals surface area contributed by atoms with Crippen molar-refractivity contribution in [2.24, 2.45) is 11.7 Å². The van der Waals surface area contributed by atoms with Crippen LogP contribution in [-0.4, -0.2) is 25.7 Å². The molecule has 2 rings (SSSR count). The third-order valence-electron chi connectivity index (χ3n) is 3.19. The van der Waals surface area contributed by atoms with Crippen LogP contribution in [0.15, 0.2) is 22.7 Å². The van der Waals surface area contributed by atoms with Gasteiger partial charge in [-0.05, 0) is 24.5 Å². The van der Waals surface area contributed by atoms with Crippen LogP contribution >= 0.6 is 15.9 Å². The van der Waals surface area contributed by atoms with Gasteiger partial charge in [0, 0.05) is 23.2 Å². The standard InChI is InChI=1S/C13H16BrFN2O2/c14-9-1-2-10(11(15)5-9)12(13(16)18)17-6-8-3-4-19-7-8/h1-2,5,8,12,17H,3-4,6-7H2,(H2,16,18)/t8-,12-/m1/s1. The fraction of sp³-hybridized carbons (Fsp3) is 0.462. The van der Waals surface area contributed by atoms with E-state index in [4.69, 9.17) is 10.5 Å². The van der Waals surface area contributed by atoms with E-state index < -0.39 is 17.8 Å². The number of primary amides is 1. The minimum absolute atomic E-state index is 0.273. The van der Waals surface area contributed by atoms with E-state index in [0.717, 1.165) is 13.0 Å². The summed E-state index contributed by atoms with van der Waals surface area (Å²) in [4.78, 5) is 11.5. The Labute approximate surface area is 119 Å². The summed E-state index contributed by atoms with van der Waals surface area (Å²) in [6.45, 7) is 1.99. The molecule has 3 N–H and O–H groups in total. The minimum Gasteiger partial charge on any atom is -0.381 e. The Morgan fingerprint density at radius 2 is 2.42 bits per heavy atom. The predicted molar refractivity (Wildman–Crippen MR) is 73.0 cm³/mol. The normalized spacial score (nSPS) is 20.4. The molecule has 0 saturated carbocycles. The van der Waals surface area contributed by atoms with E-state index in [1.807, 2.05) is 0 Å². The monoisotopic (exact) mass is 330 g/mol. The second-order valence-electron chi connectivity index (χ2n) is 4.64. The summed E-state index contributed by atoms with van der Waals surface area (Å²) < 4.78 is 19.7. The molecule has 0 bridgehead atoms. The molecule has 1 amide bonds. The van der Waals surface area contributed by atoms with Gasteiger partial charge >= 0.3 is 0 Å². The van der Waals surface area contributed by atoms with Crippen LogP contribution in [0.5, 0.6) is 0 Å². The average molecular weight is 331 g/mol. The molecule has 0 spiro atoms. The van der Waals surface area contributed by atoms with E-state index >= 15 is 0 Å². The molecular formula is C13H16BrFN2O2. The molecule has 1 heterocycles. The lowest BCUT2D eigenvalue weighted by Gasteiger charge is -2.18. The number of hydrogen-bond donors (Lipinski definition) is 2. The highest BCUT2D eigenvalue weighted by Gasteiger charge is 2.23. The molecule has 1 aliphatic rings. The second kappa shape index (κ2) is 6.45. The van der Waals surface area contributed by atoms with E-state index in [1.165, 1.54) is 6.07 Å². The molecule has 6 heteroatoms. The number of amides is 1. The molecule has 19 heavy (non-hydrogen) atoms. The first kappa shape index (κ1) is 14.4. The van der Waals surface area contributed by atoms with E-state index in [-0.39, 0.29) is 5.56 Å². The van der Waals surface area contributed by atoms with Crippen LogP contribution in [-0.2, 0) is 9.53 Å². The van der Waals surface area contributed by atoms with Crippen molar-refractivity contribution in [2.75, 3.05) is 19.8 Å². The van der Waals surface area contributed by atoms with Crippen molar-refractivity contribution in [2.45, 2.75) is 12.5 Å². The Hall–Kier alpha value is -0.980. The number of ether oxygens (including phenoxy) is 1. The van der Waals surface area contributed by atoms with Crippen molar-refractivity contribution in [3.63, 3.8) is 0 Å². The van der Waals surface area contributed by atoms with Crippen molar-refractivity contribution >= 4 is 21.8 Å². The minimum atomic E-state index is -0.811. The highest BCUT2D eigenvalue weighted by Crippen LogP contribution is 2.22. The average Bonchev–Trinajstić information content (AvgIpc) is 2.84. The maximum absolute atomic E-state index is 13.9. The van der Waals surface area contributed by atoms with Crippen molar-refractivity contribution in [1.82, 2.24) is 5.32 Å². The van der Waals surface area contributed by atoms with Crippen molar-refractivity contribution in [3.05, 3.63) is 34.1 Å². The highest BCUT2D eigenvalue weighted by atomic mass is 79.9. The second-order valence-corrected chi connectivity index (χ2v) is 5.55. The first-order valence-electron chi connectivity index (χ1n) is 6.13. The zero-order valence-electron chi connectivity index (χ0n) is 10.4. The van der Waals surface area contributed by atoms with Crippen LogP contribution in [0.2, 0.25) is 0 Å². The van der Waals surface area contributed by atoms with Crippen LogP contribution in [0.1, 0.15) is 18.0 Å². The molecule has 0 aromatic heterocycles. The smallest absolute Gasteiger partial charge is 0.239 e. The summed E-state index contributed by atoms with van der Waals surface area (Å²) in [6.07, 6.45) is 0.946. The SMILES string of the molecule is NC(=O)[C@H](NC[C@H]1CCOC1)c1ccc(Br)cc1F. The summed E-state index contributed by atoms with van der Waals surface area (Å²) in [5, 5.41) is 3.03. The lowest BCUT2D eigenvalue weighted by molar-refractivity contribution is -0.120. The first-order valence-corrected chi connectivity index (χ1v) is 6.92. The van der Waals surface area contributed by atoms with Gasteiger partial charge in [0.1, 0.15) is 11.9 Å². The van der Waals surface area contributed by atoms with Gasteiger partial charge < -0.3 is 15.8 Å². The van der Waals surface area contributed by atoms with E-state index in [2.05, 4.69) is 21.2 Å². The van der Waals surface area contributed by atoms with Gasteiger partial charge in [-0.15, -0.1) is 0 Å². The zero-order chi connectivity index (χ0) is 13.8. The molecule has 1 saturated heterocycles. The lowest BCUT2D eigenvalue weighted by Crippen LogP contribution is -2.37. The number of benzene rings is 1. The topological polar surface area (TPSA) is 64.4 Å². The quantitative estimate of drug-likeness (QED) is 0.864. The highest BCUT2D eigenvalue weighted by molar-refractivity contribution is 9.10. The zero-order valence-corrected chi connectivity index (χ0v) is 12.0. The van der Waals surface area contributed by atoms with Gasteiger partial charge in [0.05, 0.1) is 6.61 Å². The number of halogens is 2. The fourth-order valence-corrected chi connectivity index (χ4v) is 2.46. The van der Waals surface area contributed by atoms with Gasteiger partial charge in [-0.1, -0.05) is 22.0 Å². The number of carbonyl (C=O) groups is 1. The largest absolute Gasteiger partial charge is 0.381 e. The lowest BCUT2D eigenvalue weighted by atomic mass is 10.0. The first-order chi connectivity index (χ1) is 9.08. The summed E-state index contributed by atoms with van der Waals surface area (Å²) in [5.41, 5.74) is 5.62. The fourth-order valence-electron chi connectivity index (χ4n) is 2.13. The van der Waals surface area contributed by atoms with E-state index in [0.29, 0.717) is 23.5 Å². The number of rotatable bonds is 5. The maximum atomic E-state index is 13.9. The van der Waals surface area contributed by atoms with Crippen LogP contribution in [0.4, 0.5) is 4.39 Å². The van der Waals surface area contributed by atoms with Gasteiger partial charge in [-0.3, -0.25) is 4.79 Å². The number of nitrogens with one attached hydrogen (secondary N) is 1. The molecule has 4 nitrogen and oxygen atoms in total. The van der Waals surface area contributed by atoms with Gasteiger partial charge in [-0.25, -0.2) is 4.39 Å². The van der Waals surface area contributed by atoms with Gasteiger partial charge in [0.15, 0.2) is 0 Å². The van der Waals surface area contributed by atoms with Gasteiger partial charge in [0.2, 0.25) is 5.91 Å². The molecule has 104 valence electrons. The maximum Gasteiger partial charge on any atom is 0.239 e. The molecule has 1 aliphatic heterocycles. The molecule has 0 radical (unpaired) electrons. The van der Waals surface area contributed by atoms with Crippen molar-refractivity contribution < 1.29 is 13.9 Å². The molecule has 1 fully saturated rings. The Morgan fingerprint density at radius 1 is 1.63 bits per heavy atom. The Morgan fingerprint density at radius 3 is 3.00 bits per heavy atom. The van der Waals surface area contributed by atoms with Gasteiger partial charge in [-0.2, -0.15) is 0 Å². The number of nitrogens with two attached hydrogens (primary N) is 1. The summed E-state index contributed by atoms with van der Waals surface area (Å²) in [7, 11) is 0. The van der Waals surface area contributed by atoms with E-state index in [9.17, 15) is 9.18 Å². The van der Waals surface area contributed by atoms with Gasteiger partial charge in [0.25, 0.3) is 0 Å².